The zero-order valence-corrected chi connectivity index (χ0v) is 20.8. The molecule has 0 spiro atoms. The number of aromatic carboxylic acids is 1. The van der Waals surface area contributed by atoms with E-state index in [1.165, 1.54) is 0 Å². The average Bonchev–Trinajstić information content (AvgIpc) is 3.24. The maximum absolute atomic E-state index is 14.7. The SMILES string of the molecule is O=C(O)c1cc(F)cc(F)c1OCC(C1CCCCC1)n1c(-c2ccc(Cl)cc2)nc2cc(F)c(F)cc21. The van der Waals surface area contributed by atoms with Crippen molar-refractivity contribution >= 4 is 28.6 Å². The van der Waals surface area contributed by atoms with Crippen LogP contribution in [-0.4, -0.2) is 27.2 Å². The van der Waals surface area contributed by atoms with E-state index in [0.717, 1.165) is 44.2 Å². The molecule has 0 bridgehead atoms. The first-order valence-electron chi connectivity index (χ1n) is 12.2. The fraction of sp³-hybridized carbons (Fsp3) is 0.286. The third kappa shape index (κ3) is 5.07. The lowest BCUT2D eigenvalue weighted by Crippen LogP contribution is -2.28. The minimum atomic E-state index is -1.54. The van der Waals surface area contributed by atoms with Crippen LogP contribution in [0.25, 0.3) is 22.4 Å². The van der Waals surface area contributed by atoms with Gasteiger partial charge in [-0.2, -0.15) is 0 Å². The highest BCUT2D eigenvalue weighted by Crippen LogP contribution is 2.39. The van der Waals surface area contributed by atoms with Gasteiger partial charge in [-0.1, -0.05) is 30.9 Å². The van der Waals surface area contributed by atoms with Gasteiger partial charge in [-0.15, -0.1) is 0 Å². The van der Waals surface area contributed by atoms with Crippen LogP contribution < -0.4 is 4.74 Å². The third-order valence-corrected chi connectivity index (χ3v) is 7.25. The molecule has 1 atom stereocenters. The zero-order chi connectivity index (χ0) is 27.0. The van der Waals surface area contributed by atoms with Crippen LogP contribution in [0.2, 0.25) is 5.02 Å². The van der Waals surface area contributed by atoms with Crippen molar-refractivity contribution < 1.29 is 32.2 Å². The van der Waals surface area contributed by atoms with Crippen molar-refractivity contribution in [2.75, 3.05) is 6.61 Å². The Morgan fingerprint density at radius 2 is 1.68 bits per heavy atom. The number of nitrogens with zero attached hydrogens (tertiary/aromatic N) is 2. The van der Waals surface area contributed by atoms with Crippen LogP contribution in [0.3, 0.4) is 0 Å². The van der Waals surface area contributed by atoms with Gasteiger partial charge in [0.2, 0.25) is 0 Å². The van der Waals surface area contributed by atoms with Gasteiger partial charge >= 0.3 is 5.97 Å². The average molecular weight is 547 g/mol. The zero-order valence-electron chi connectivity index (χ0n) is 20.1. The Kier molecular flexibility index (Phi) is 7.29. The number of hydrogen-bond donors (Lipinski definition) is 1. The van der Waals surface area contributed by atoms with Gasteiger partial charge in [-0.25, -0.2) is 27.3 Å². The fourth-order valence-electron chi connectivity index (χ4n) is 5.20. The van der Waals surface area contributed by atoms with Crippen molar-refractivity contribution in [3.8, 4) is 17.1 Å². The van der Waals surface area contributed by atoms with Gasteiger partial charge in [0.25, 0.3) is 0 Å². The topological polar surface area (TPSA) is 64.3 Å². The summed E-state index contributed by atoms with van der Waals surface area (Å²) in [6.07, 6.45) is 4.47. The standard InChI is InChI=1S/C28H23ClF4N2O3/c29-17-8-6-16(7-9-17)27-34-23-12-20(31)21(32)13-24(23)35(27)25(15-4-2-1-3-5-15)14-38-26-19(28(36)37)10-18(30)11-22(26)33/h6-13,15,25H,1-5,14H2,(H,36,37). The van der Waals surface area contributed by atoms with E-state index in [-0.39, 0.29) is 18.0 Å². The summed E-state index contributed by atoms with van der Waals surface area (Å²) in [6, 6.07) is 9.57. The van der Waals surface area contributed by atoms with Gasteiger partial charge in [0.15, 0.2) is 23.2 Å². The third-order valence-electron chi connectivity index (χ3n) is 7.00. The molecule has 10 heteroatoms. The molecule has 1 aromatic heterocycles. The molecule has 3 aromatic carbocycles. The first-order chi connectivity index (χ1) is 18.2. The predicted molar refractivity (Wildman–Crippen MR) is 135 cm³/mol. The number of rotatable bonds is 7. The molecule has 1 unspecified atom stereocenters. The van der Waals surface area contributed by atoms with Gasteiger partial charge in [0.1, 0.15) is 23.8 Å². The first kappa shape index (κ1) is 26.0. The number of fused-ring (bicyclic) bond motifs is 1. The summed E-state index contributed by atoms with van der Waals surface area (Å²) < 4.78 is 64.6. The molecule has 0 aliphatic heterocycles. The lowest BCUT2D eigenvalue weighted by Gasteiger charge is -2.33. The Bertz CT molecular complexity index is 1500. The van der Waals surface area contributed by atoms with Gasteiger partial charge < -0.3 is 14.4 Å². The quantitative estimate of drug-likeness (QED) is 0.240. The smallest absolute Gasteiger partial charge is 0.339 e. The number of benzene rings is 3. The summed E-state index contributed by atoms with van der Waals surface area (Å²) in [5.74, 6) is -6.03. The molecule has 1 fully saturated rings. The molecule has 198 valence electrons. The lowest BCUT2D eigenvalue weighted by molar-refractivity contribution is 0.0687. The Morgan fingerprint density at radius 3 is 2.37 bits per heavy atom. The molecular formula is C28H23ClF4N2O3. The van der Waals surface area contributed by atoms with E-state index in [9.17, 15) is 27.5 Å². The highest BCUT2D eigenvalue weighted by atomic mass is 35.5. The molecule has 1 aliphatic carbocycles. The minimum absolute atomic E-state index is 0.0166. The Balaban J connectivity index is 1.66. The van der Waals surface area contributed by atoms with E-state index >= 15 is 0 Å². The largest absolute Gasteiger partial charge is 0.487 e. The summed E-state index contributed by atoms with van der Waals surface area (Å²) >= 11 is 6.07. The van der Waals surface area contributed by atoms with Crippen molar-refractivity contribution in [2.45, 2.75) is 38.1 Å². The van der Waals surface area contributed by atoms with Crippen molar-refractivity contribution in [1.82, 2.24) is 9.55 Å². The van der Waals surface area contributed by atoms with Gasteiger partial charge in [-0.3, -0.25) is 0 Å². The highest BCUT2D eigenvalue weighted by Gasteiger charge is 2.31. The van der Waals surface area contributed by atoms with Crippen molar-refractivity contribution in [2.24, 2.45) is 5.92 Å². The highest BCUT2D eigenvalue weighted by molar-refractivity contribution is 6.30. The summed E-state index contributed by atoms with van der Waals surface area (Å²) in [6.45, 7) is -0.210. The van der Waals surface area contributed by atoms with Gasteiger partial charge in [-0.05, 0) is 49.1 Å². The Morgan fingerprint density at radius 1 is 1.00 bits per heavy atom. The van der Waals surface area contributed by atoms with E-state index in [0.29, 0.717) is 34.1 Å². The van der Waals surface area contributed by atoms with E-state index in [2.05, 4.69) is 4.98 Å². The number of ether oxygens (including phenoxy) is 1. The summed E-state index contributed by atoms with van der Waals surface area (Å²) in [4.78, 5) is 16.3. The van der Waals surface area contributed by atoms with Crippen LogP contribution in [0.5, 0.6) is 5.75 Å². The van der Waals surface area contributed by atoms with E-state index in [1.54, 1.807) is 28.8 Å². The molecule has 0 radical (unpaired) electrons. The molecule has 1 heterocycles. The monoisotopic (exact) mass is 546 g/mol. The molecule has 38 heavy (non-hydrogen) atoms. The van der Waals surface area contributed by atoms with Gasteiger partial charge in [0, 0.05) is 28.8 Å². The number of halogens is 5. The minimum Gasteiger partial charge on any atom is -0.487 e. The maximum atomic E-state index is 14.7. The van der Waals surface area contributed by atoms with Crippen LogP contribution in [0.15, 0.2) is 48.5 Å². The molecule has 5 rings (SSSR count). The van der Waals surface area contributed by atoms with Crippen molar-refractivity contribution in [1.29, 1.82) is 0 Å². The molecule has 5 nitrogen and oxygen atoms in total. The van der Waals surface area contributed by atoms with Crippen LogP contribution in [-0.2, 0) is 0 Å². The maximum Gasteiger partial charge on any atom is 0.339 e. The van der Waals surface area contributed by atoms with Crippen LogP contribution >= 0.6 is 11.6 Å². The number of hydrogen-bond acceptors (Lipinski definition) is 3. The van der Waals surface area contributed by atoms with Gasteiger partial charge in [0.05, 0.1) is 17.1 Å². The summed E-state index contributed by atoms with van der Waals surface area (Å²) in [7, 11) is 0. The second-order valence-electron chi connectivity index (χ2n) is 9.41. The summed E-state index contributed by atoms with van der Waals surface area (Å²) in [5.41, 5.74) is 0.512. The number of carboxylic acid groups (broad SMARTS) is 1. The number of carboxylic acids is 1. The lowest BCUT2D eigenvalue weighted by atomic mass is 9.83. The molecule has 4 aromatic rings. The second kappa shape index (κ2) is 10.6. The number of imidazole rings is 1. The number of aromatic nitrogens is 2. The Hall–Kier alpha value is -3.59. The normalized spacial score (nSPS) is 15.1. The van der Waals surface area contributed by atoms with E-state index in [1.807, 2.05) is 0 Å². The van der Waals surface area contributed by atoms with E-state index in [4.69, 9.17) is 16.3 Å². The van der Waals surface area contributed by atoms with E-state index < -0.39 is 46.6 Å². The second-order valence-corrected chi connectivity index (χ2v) is 9.85. The molecule has 1 saturated carbocycles. The van der Waals surface area contributed by atoms with Crippen LogP contribution in [0, 0.1) is 29.2 Å². The van der Waals surface area contributed by atoms with Crippen LogP contribution in [0.1, 0.15) is 48.5 Å². The van der Waals surface area contributed by atoms with Crippen molar-refractivity contribution in [3.05, 3.63) is 82.4 Å². The summed E-state index contributed by atoms with van der Waals surface area (Å²) in [5, 5.41) is 10.0. The Labute approximate surface area is 220 Å². The molecule has 0 amide bonds. The molecule has 1 aliphatic rings. The van der Waals surface area contributed by atoms with Crippen LogP contribution in [0.4, 0.5) is 17.6 Å². The predicted octanol–water partition coefficient (Wildman–Crippen LogP) is 7.81. The first-order valence-corrected chi connectivity index (χ1v) is 12.6. The molecular weight excluding hydrogens is 524 g/mol. The number of carbonyl (C=O) groups is 1. The fourth-order valence-corrected chi connectivity index (χ4v) is 5.33. The molecule has 0 saturated heterocycles. The molecule has 1 N–H and O–H groups in total. The van der Waals surface area contributed by atoms with Crippen molar-refractivity contribution in [3.63, 3.8) is 0 Å².